The van der Waals surface area contributed by atoms with Crippen LogP contribution in [0.4, 0.5) is 0 Å². The van der Waals surface area contributed by atoms with Crippen LogP contribution in [0, 0.1) is 50.9 Å². The molecule has 0 N–H and O–H groups in total. The van der Waals surface area contributed by atoms with E-state index in [0.29, 0.717) is 19.3 Å². The van der Waals surface area contributed by atoms with Gasteiger partial charge in [0.1, 0.15) is 0 Å². The maximum absolute atomic E-state index is 9.42. The number of rotatable bonds is 4. The number of unbranched alkanes of at least 4 members (excludes halogenated alkanes) is 2. The number of hydrogen-bond donors (Lipinski definition) is 0. The maximum Gasteiger partial charge on any atom is 6.00 e. The molecule has 6 nitrogen and oxygen atoms in total. The Morgan fingerprint density at radius 1 is 0.741 bits per heavy atom. The monoisotopic (exact) mass is 448 g/mol. The molecule has 0 spiro atoms. The molecule has 0 saturated heterocycles. The summed E-state index contributed by atoms with van der Waals surface area (Å²) in [7, 11) is 0. The van der Waals surface area contributed by atoms with E-state index < -0.39 is 0 Å². The van der Waals surface area contributed by atoms with Gasteiger partial charge in [0.05, 0.1) is 0 Å². The Balaban J connectivity index is -0.0000000366. The van der Waals surface area contributed by atoms with Crippen molar-refractivity contribution < 1.29 is 62.3 Å². The summed E-state index contributed by atoms with van der Waals surface area (Å²) >= 11 is 0. The van der Waals surface area contributed by atoms with Gasteiger partial charge in [0, 0.05) is 0 Å². The molecular formula is C19H12Fe2O6+4. The van der Waals surface area contributed by atoms with E-state index in [0.717, 1.165) is 0 Å². The van der Waals surface area contributed by atoms with E-state index >= 15 is 0 Å². The van der Waals surface area contributed by atoms with Gasteiger partial charge >= 0.3 is 79.3 Å². The molecule has 2 aromatic carbocycles. The third-order valence-electron chi connectivity index (χ3n) is 1.46. The molecule has 2 rings (SSSR count). The van der Waals surface area contributed by atoms with Gasteiger partial charge in [0.2, 0.25) is 0 Å². The molecule has 0 saturated carbocycles. The van der Waals surface area contributed by atoms with Crippen LogP contribution in [-0.2, 0) is 62.3 Å². The summed E-state index contributed by atoms with van der Waals surface area (Å²) in [6.45, 7) is 18.0. The van der Waals surface area contributed by atoms with Crippen molar-refractivity contribution in [2.75, 3.05) is 0 Å². The van der Waals surface area contributed by atoms with Gasteiger partial charge in [0.25, 0.3) is 0 Å². The average Bonchev–Trinajstić information content (AvgIpc) is 3.47. The Hall–Kier alpha value is -1.96. The van der Waals surface area contributed by atoms with Crippen molar-refractivity contribution in [3.63, 3.8) is 0 Å². The van der Waals surface area contributed by atoms with E-state index in [1.165, 1.54) is 0 Å². The Labute approximate surface area is 181 Å². The molecule has 0 bridgehead atoms. The van der Waals surface area contributed by atoms with Crippen LogP contribution in [0.1, 0.15) is 19.3 Å². The molecule has 0 radical (unpaired) electrons. The van der Waals surface area contributed by atoms with Crippen LogP contribution in [0.25, 0.3) is 0 Å². The van der Waals surface area contributed by atoms with Crippen molar-refractivity contribution in [2.24, 2.45) is 0 Å². The van der Waals surface area contributed by atoms with Gasteiger partial charge in [-0.3, -0.25) is 12.6 Å². The predicted octanol–water partition coefficient (Wildman–Crippen LogP) is 2.23. The van der Waals surface area contributed by atoms with E-state index in [-0.39, 0.29) is 34.1 Å². The van der Waals surface area contributed by atoms with E-state index in [2.05, 4.69) is 50.9 Å². The fraction of sp³-hybridized carbons (Fsp3) is 0.158. The van der Waals surface area contributed by atoms with Gasteiger partial charge in [0.15, 0.2) is 0 Å². The predicted molar refractivity (Wildman–Crippen MR) is 80.4 cm³/mol. The van der Waals surface area contributed by atoms with Crippen LogP contribution in [0.15, 0.2) is 36.4 Å². The molecule has 0 aliphatic heterocycles. The maximum atomic E-state index is 9.42. The summed E-state index contributed by atoms with van der Waals surface area (Å²) in [4.78, 5) is 18.8. The first-order valence-electron chi connectivity index (χ1n) is 5.93. The minimum atomic E-state index is 0. The molecule has 0 unspecified atom stereocenters. The summed E-state index contributed by atoms with van der Waals surface area (Å²) in [5, 5.41) is 0. The molecule has 0 aliphatic carbocycles. The molecule has 0 aromatic heterocycles. The first kappa shape index (κ1) is 44.5. The van der Waals surface area contributed by atoms with E-state index in [1.54, 1.807) is 18.6 Å². The smallest absolute Gasteiger partial charge is 0.999 e. The zero-order chi connectivity index (χ0) is 20.6. The zero-order valence-corrected chi connectivity index (χ0v) is 16.0. The molecule has 0 amide bonds. The quantitative estimate of drug-likeness (QED) is 0.309. The van der Waals surface area contributed by atoms with Crippen LogP contribution >= 0.6 is 0 Å². The number of hydrogen-bond acceptors (Lipinski definition) is 2. The first-order valence-corrected chi connectivity index (χ1v) is 5.93. The molecule has 2 aromatic rings. The van der Waals surface area contributed by atoms with Gasteiger partial charge < -0.3 is 39.9 Å². The third kappa shape index (κ3) is 80.6. The van der Waals surface area contributed by atoms with Crippen LogP contribution in [0.5, 0.6) is 0 Å². The Morgan fingerprint density at radius 2 is 1.07 bits per heavy atom. The van der Waals surface area contributed by atoms with Crippen molar-refractivity contribution in [1.82, 2.24) is 0 Å². The first-order chi connectivity index (χ1) is 12.4. The summed E-state index contributed by atoms with van der Waals surface area (Å²) in [5.41, 5.74) is 0. The summed E-state index contributed by atoms with van der Waals surface area (Å²) in [6.07, 6.45) is 4.65. The van der Waals surface area contributed by atoms with Gasteiger partial charge in [-0.2, -0.15) is 31.0 Å². The normalized spacial score (nSPS) is 5.33. The summed E-state index contributed by atoms with van der Waals surface area (Å²) in [6, 6.07) is 22.0. The van der Waals surface area contributed by atoms with Crippen molar-refractivity contribution in [3.8, 4) is 0 Å². The Morgan fingerprint density at radius 3 is 1.22 bits per heavy atom. The van der Waals surface area contributed by atoms with Crippen LogP contribution in [0.2, 0.25) is 0 Å². The average molecular weight is 448 g/mol. The molecule has 0 atom stereocenters. The Kier molecular flexibility index (Phi) is 124. The van der Waals surface area contributed by atoms with E-state index in [4.69, 9.17) is 18.6 Å². The van der Waals surface area contributed by atoms with Gasteiger partial charge in [-0.25, -0.2) is 12.1 Å². The van der Waals surface area contributed by atoms with Gasteiger partial charge in [-0.1, -0.05) is 0 Å². The largest absolute Gasteiger partial charge is 6.00 e. The topological polar surface area (TPSA) is 114 Å². The summed E-state index contributed by atoms with van der Waals surface area (Å²) < 4.78 is 30.0. The molecule has 8 heteroatoms. The molecule has 27 heavy (non-hydrogen) atoms. The van der Waals surface area contributed by atoms with E-state index in [1.807, 2.05) is 30.3 Å². The second kappa shape index (κ2) is 75.1. The second-order valence-electron chi connectivity index (χ2n) is 2.79. The minimum Gasteiger partial charge on any atom is -0.999 e. The molecule has 136 valence electrons. The third-order valence-corrected chi connectivity index (χ3v) is 1.46. The second-order valence-corrected chi connectivity index (χ2v) is 2.79. The van der Waals surface area contributed by atoms with Crippen LogP contribution in [-0.4, -0.2) is 12.6 Å². The molecule has 0 fully saturated rings. The molecular weight excluding hydrogens is 436 g/mol. The SMILES string of the molecule is O=[C-]CCC[C-]=O.[C-]#[O+].[C-]#[O+].[C-]#[O+].[C-]#[O+].[Fe+6].[Fe+6].[c-]1[c-][c-][cH-][c-]1.c1cc[cH-]c1. The molecule has 0 heterocycles. The Bertz CT molecular complexity index is 393. The number of carbonyl (C=O) groups excluding carboxylic acids is 2. The van der Waals surface area contributed by atoms with Crippen molar-refractivity contribution in [1.29, 1.82) is 0 Å². The standard InChI is InChI=1S/C5H6O2.C5H5.C5H.4CO.2Fe/c6-4-2-1-3-5-7;2*1-2-4-5-3-1;4*1-2;;/h1-3H2;1-5H;1H;;;;;;/q-2;-1;-5;;;;;2*+6. The van der Waals surface area contributed by atoms with E-state index in [9.17, 15) is 9.59 Å². The molecule has 0 aliphatic rings. The summed E-state index contributed by atoms with van der Waals surface area (Å²) in [5.74, 6) is 0. The van der Waals surface area contributed by atoms with Crippen LogP contribution < -0.4 is 0 Å². The van der Waals surface area contributed by atoms with Crippen molar-refractivity contribution in [2.45, 2.75) is 19.3 Å². The fourth-order valence-corrected chi connectivity index (χ4v) is 0.734. The van der Waals surface area contributed by atoms with Crippen LogP contribution in [0.3, 0.4) is 0 Å². The van der Waals surface area contributed by atoms with Crippen molar-refractivity contribution >= 4 is 12.6 Å². The van der Waals surface area contributed by atoms with Gasteiger partial charge in [-0.05, 0) is 0 Å². The zero-order valence-electron chi connectivity index (χ0n) is 13.7. The van der Waals surface area contributed by atoms with Gasteiger partial charge in [-0.15, -0.1) is 6.42 Å². The fourth-order valence-electron chi connectivity index (χ4n) is 0.734. The van der Waals surface area contributed by atoms with Crippen molar-refractivity contribution in [3.05, 3.63) is 87.3 Å². The minimum absolute atomic E-state index is 0.